The number of likely N-dealkylation sites (tertiary alicyclic amines) is 1. The van der Waals surface area contributed by atoms with Gasteiger partial charge in [0.1, 0.15) is 0 Å². The number of aromatic nitrogens is 2. The average molecular weight is 389 g/mol. The van der Waals surface area contributed by atoms with Gasteiger partial charge in [0.15, 0.2) is 11.5 Å². The maximum absolute atomic E-state index is 12.5. The summed E-state index contributed by atoms with van der Waals surface area (Å²) in [6.45, 7) is 5.83. The fraction of sp³-hybridized carbons (Fsp3) is 0.389. The number of halogens is 1. The number of nitrogens with one attached hydrogen (secondary N) is 1. The van der Waals surface area contributed by atoms with Crippen LogP contribution in [-0.2, 0) is 0 Å². The normalized spacial score (nSPS) is 17.6. The molecular formula is C18H21BrN4O. The number of hydrogen-bond donors (Lipinski definition) is 1. The van der Waals surface area contributed by atoms with Gasteiger partial charge in [0, 0.05) is 17.6 Å². The van der Waals surface area contributed by atoms with Crippen molar-refractivity contribution < 1.29 is 4.79 Å². The smallest absolute Gasteiger partial charge is 0.274 e. The van der Waals surface area contributed by atoms with Crippen LogP contribution in [0.2, 0.25) is 0 Å². The zero-order valence-corrected chi connectivity index (χ0v) is 15.5. The van der Waals surface area contributed by atoms with Gasteiger partial charge in [-0.05, 0) is 71.4 Å². The minimum Gasteiger partial charge on any atom is -0.338 e. The molecule has 2 aromatic rings. The van der Waals surface area contributed by atoms with Gasteiger partial charge in [-0.25, -0.2) is 0 Å². The minimum atomic E-state index is -0.0304. The lowest BCUT2D eigenvalue weighted by Crippen LogP contribution is -2.39. The first-order chi connectivity index (χ1) is 11.5. The van der Waals surface area contributed by atoms with Gasteiger partial charge in [-0.15, -0.1) is 10.2 Å². The van der Waals surface area contributed by atoms with Gasteiger partial charge < -0.3 is 10.2 Å². The monoisotopic (exact) mass is 388 g/mol. The predicted molar refractivity (Wildman–Crippen MR) is 98.5 cm³/mol. The molecular weight excluding hydrogens is 368 g/mol. The Hall–Kier alpha value is -1.95. The fourth-order valence-corrected chi connectivity index (χ4v) is 3.50. The van der Waals surface area contributed by atoms with Crippen molar-refractivity contribution in [3.05, 3.63) is 46.1 Å². The van der Waals surface area contributed by atoms with Crippen molar-refractivity contribution in [3.8, 4) is 0 Å². The van der Waals surface area contributed by atoms with Crippen LogP contribution in [0.15, 0.2) is 34.8 Å². The van der Waals surface area contributed by atoms with Crippen LogP contribution < -0.4 is 5.32 Å². The molecule has 1 amide bonds. The predicted octanol–water partition coefficient (Wildman–Crippen LogP) is 4.16. The largest absolute Gasteiger partial charge is 0.338 e. The third kappa shape index (κ3) is 3.93. The topological polar surface area (TPSA) is 58.1 Å². The number of piperidine rings is 1. The lowest BCUT2D eigenvalue weighted by Gasteiger charge is -2.30. The SMILES string of the molecule is Cc1ccc(Nc2ccc(C(=O)N3CCCC(C)C3)nn2)c(Br)c1. The molecule has 6 heteroatoms. The maximum Gasteiger partial charge on any atom is 0.274 e. The van der Waals surface area contributed by atoms with E-state index in [0.29, 0.717) is 17.4 Å². The van der Waals surface area contributed by atoms with Crippen molar-refractivity contribution >= 4 is 33.3 Å². The minimum absolute atomic E-state index is 0.0304. The van der Waals surface area contributed by atoms with Crippen molar-refractivity contribution in [2.24, 2.45) is 5.92 Å². The van der Waals surface area contributed by atoms with Crippen LogP contribution in [0.3, 0.4) is 0 Å². The van der Waals surface area contributed by atoms with E-state index in [-0.39, 0.29) is 5.91 Å². The van der Waals surface area contributed by atoms with Gasteiger partial charge >= 0.3 is 0 Å². The summed E-state index contributed by atoms with van der Waals surface area (Å²) in [6.07, 6.45) is 2.24. The fourth-order valence-electron chi connectivity index (χ4n) is 2.91. The van der Waals surface area contributed by atoms with E-state index in [1.807, 2.05) is 30.0 Å². The maximum atomic E-state index is 12.5. The van der Waals surface area contributed by atoms with Gasteiger partial charge in [-0.2, -0.15) is 0 Å². The van der Waals surface area contributed by atoms with E-state index in [0.717, 1.165) is 29.7 Å². The number of benzene rings is 1. The number of hydrogen-bond acceptors (Lipinski definition) is 4. The molecule has 0 saturated carbocycles. The van der Waals surface area contributed by atoms with E-state index in [1.165, 1.54) is 12.0 Å². The molecule has 24 heavy (non-hydrogen) atoms. The van der Waals surface area contributed by atoms with Gasteiger partial charge in [0.2, 0.25) is 0 Å². The summed E-state index contributed by atoms with van der Waals surface area (Å²) in [5.74, 6) is 1.13. The molecule has 1 aromatic carbocycles. The average Bonchev–Trinajstić information content (AvgIpc) is 2.57. The molecule has 1 aliphatic rings. The van der Waals surface area contributed by atoms with Gasteiger partial charge in [-0.1, -0.05) is 13.0 Å². The van der Waals surface area contributed by atoms with Gasteiger partial charge in [0.25, 0.3) is 5.91 Å². The van der Waals surface area contributed by atoms with E-state index in [4.69, 9.17) is 0 Å². The summed E-state index contributed by atoms with van der Waals surface area (Å²) in [4.78, 5) is 14.4. The van der Waals surface area contributed by atoms with Crippen LogP contribution in [0.5, 0.6) is 0 Å². The number of rotatable bonds is 3. The molecule has 5 nitrogen and oxygen atoms in total. The Morgan fingerprint density at radius 2 is 2.12 bits per heavy atom. The van der Waals surface area contributed by atoms with Crippen molar-refractivity contribution in [3.63, 3.8) is 0 Å². The molecule has 0 aliphatic carbocycles. The highest BCUT2D eigenvalue weighted by atomic mass is 79.9. The number of carbonyl (C=O) groups excluding carboxylic acids is 1. The highest BCUT2D eigenvalue weighted by Crippen LogP contribution is 2.26. The second-order valence-corrected chi connectivity index (χ2v) is 7.27. The Morgan fingerprint density at radius 3 is 2.79 bits per heavy atom. The van der Waals surface area contributed by atoms with Crippen molar-refractivity contribution in [2.75, 3.05) is 18.4 Å². The number of anilines is 2. The molecule has 1 aliphatic heterocycles. The number of nitrogens with zero attached hydrogens (tertiary/aromatic N) is 3. The summed E-state index contributed by atoms with van der Waals surface area (Å²) in [5.41, 5.74) is 2.49. The molecule has 1 fully saturated rings. The van der Waals surface area contributed by atoms with Crippen LogP contribution in [0.25, 0.3) is 0 Å². The van der Waals surface area contributed by atoms with Crippen LogP contribution in [0.4, 0.5) is 11.5 Å². The van der Waals surface area contributed by atoms with Crippen molar-refractivity contribution in [1.29, 1.82) is 0 Å². The lowest BCUT2D eigenvalue weighted by molar-refractivity contribution is 0.0676. The summed E-state index contributed by atoms with van der Waals surface area (Å²) >= 11 is 3.53. The van der Waals surface area contributed by atoms with Crippen LogP contribution in [-0.4, -0.2) is 34.1 Å². The Kier molecular flexibility index (Phi) is 5.14. The Bertz CT molecular complexity index is 732. The third-order valence-corrected chi connectivity index (χ3v) is 4.87. The molecule has 0 radical (unpaired) electrons. The number of carbonyl (C=O) groups is 1. The number of amides is 1. The summed E-state index contributed by atoms with van der Waals surface area (Å²) in [6, 6.07) is 9.56. The number of aryl methyl sites for hydroxylation is 1. The molecule has 1 saturated heterocycles. The molecule has 1 aromatic heterocycles. The van der Waals surface area contributed by atoms with Crippen molar-refractivity contribution in [1.82, 2.24) is 15.1 Å². The highest BCUT2D eigenvalue weighted by molar-refractivity contribution is 9.10. The van der Waals surface area contributed by atoms with Crippen LogP contribution in [0, 0.1) is 12.8 Å². The molecule has 0 bridgehead atoms. The molecule has 126 valence electrons. The molecule has 0 spiro atoms. The van der Waals surface area contributed by atoms with E-state index in [2.05, 4.69) is 38.4 Å². The molecule has 1 N–H and O–H groups in total. The van der Waals surface area contributed by atoms with Crippen LogP contribution >= 0.6 is 15.9 Å². The van der Waals surface area contributed by atoms with E-state index in [9.17, 15) is 4.79 Å². The third-order valence-electron chi connectivity index (χ3n) is 4.22. The zero-order valence-electron chi connectivity index (χ0n) is 13.9. The Balaban J connectivity index is 1.69. The van der Waals surface area contributed by atoms with Gasteiger partial charge in [0.05, 0.1) is 5.69 Å². The molecule has 3 rings (SSSR count). The standard InChI is InChI=1S/C18H21BrN4O/c1-12-5-6-15(14(19)10-12)20-17-8-7-16(21-22-17)18(24)23-9-3-4-13(2)11-23/h5-8,10,13H,3-4,9,11H2,1-2H3,(H,20,22). The first-order valence-corrected chi connectivity index (χ1v) is 8.98. The second-order valence-electron chi connectivity index (χ2n) is 6.41. The van der Waals surface area contributed by atoms with E-state index in [1.54, 1.807) is 12.1 Å². The van der Waals surface area contributed by atoms with Crippen LogP contribution in [0.1, 0.15) is 35.8 Å². The summed E-state index contributed by atoms with van der Waals surface area (Å²) < 4.78 is 0.965. The quantitative estimate of drug-likeness (QED) is 0.857. The van der Waals surface area contributed by atoms with E-state index >= 15 is 0 Å². The zero-order chi connectivity index (χ0) is 17.1. The summed E-state index contributed by atoms with van der Waals surface area (Å²) in [7, 11) is 0. The molecule has 2 heterocycles. The molecule has 1 atom stereocenters. The first-order valence-electron chi connectivity index (χ1n) is 8.19. The van der Waals surface area contributed by atoms with Gasteiger partial charge in [-0.3, -0.25) is 4.79 Å². The lowest BCUT2D eigenvalue weighted by atomic mass is 10.00. The molecule has 1 unspecified atom stereocenters. The van der Waals surface area contributed by atoms with Crippen molar-refractivity contribution in [2.45, 2.75) is 26.7 Å². The van der Waals surface area contributed by atoms with E-state index < -0.39 is 0 Å². The summed E-state index contributed by atoms with van der Waals surface area (Å²) in [5, 5.41) is 11.5. The Labute approximate surface area is 150 Å². The Morgan fingerprint density at radius 1 is 1.29 bits per heavy atom. The second kappa shape index (κ2) is 7.30. The first kappa shape index (κ1) is 16.9. The highest BCUT2D eigenvalue weighted by Gasteiger charge is 2.23.